The molecule has 2 aliphatic rings. The lowest BCUT2D eigenvalue weighted by molar-refractivity contribution is -0.142. The van der Waals surface area contributed by atoms with Crippen LogP contribution in [0.1, 0.15) is 19.3 Å². The standard InChI is InChI=1S/C12H20N2O4/c15-11(8-18-10-1-4-13-5-2-10)14-6-3-9(7-14)12(16)17/h9-10,13H,1-8H2,(H,16,17). The fourth-order valence-corrected chi connectivity index (χ4v) is 2.43. The monoisotopic (exact) mass is 256 g/mol. The highest BCUT2D eigenvalue weighted by Gasteiger charge is 2.31. The Morgan fingerprint density at radius 2 is 2.00 bits per heavy atom. The predicted molar refractivity (Wildman–Crippen MR) is 64.2 cm³/mol. The van der Waals surface area contributed by atoms with Crippen molar-refractivity contribution in [2.45, 2.75) is 25.4 Å². The number of nitrogens with zero attached hydrogens (tertiary/aromatic N) is 1. The number of carboxylic acids is 1. The highest BCUT2D eigenvalue weighted by Crippen LogP contribution is 2.17. The molecule has 102 valence electrons. The summed E-state index contributed by atoms with van der Waals surface area (Å²) in [6, 6.07) is 0. The van der Waals surface area contributed by atoms with Crippen molar-refractivity contribution >= 4 is 11.9 Å². The summed E-state index contributed by atoms with van der Waals surface area (Å²) in [6.07, 6.45) is 2.58. The summed E-state index contributed by atoms with van der Waals surface area (Å²) in [6.45, 7) is 2.81. The van der Waals surface area contributed by atoms with Crippen molar-refractivity contribution in [2.24, 2.45) is 5.92 Å². The van der Waals surface area contributed by atoms with E-state index in [1.165, 1.54) is 0 Å². The van der Waals surface area contributed by atoms with Gasteiger partial charge in [-0.15, -0.1) is 0 Å². The van der Waals surface area contributed by atoms with Gasteiger partial charge in [-0.3, -0.25) is 9.59 Å². The number of rotatable bonds is 4. The van der Waals surface area contributed by atoms with Crippen molar-refractivity contribution in [1.29, 1.82) is 0 Å². The average molecular weight is 256 g/mol. The Kier molecular flexibility index (Phi) is 4.54. The number of carbonyl (C=O) groups is 2. The molecule has 2 saturated heterocycles. The summed E-state index contributed by atoms with van der Waals surface area (Å²) in [7, 11) is 0. The molecule has 0 spiro atoms. The first-order valence-corrected chi connectivity index (χ1v) is 6.49. The van der Waals surface area contributed by atoms with Crippen LogP contribution in [0, 0.1) is 5.92 Å². The first-order valence-electron chi connectivity index (χ1n) is 6.49. The third-order valence-electron chi connectivity index (χ3n) is 3.62. The zero-order valence-corrected chi connectivity index (χ0v) is 10.4. The Balaban J connectivity index is 1.70. The molecule has 0 saturated carbocycles. The molecule has 6 heteroatoms. The molecule has 2 aliphatic heterocycles. The molecule has 2 N–H and O–H groups in total. The second-order valence-corrected chi connectivity index (χ2v) is 4.92. The van der Waals surface area contributed by atoms with Gasteiger partial charge >= 0.3 is 5.97 Å². The Labute approximate surface area is 106 Å². The van der Waals surface area contributed by atoms with E-state index < -0.39 is 11.9 Å². The Bertz CT molecular complexity index is 315. The molecule has 1 unspecified atom stereocenters. The molecule has 2 rings (SSSR count). The fraction of sp³-hybridized carbons (Fsp3) is 0.833. The maximum Gasteiger partial charge on any atom is 0.308 e. The van der Waals surface area contributed by atoms with Crippen molar-refractivity contribution < 1.29 is 19.4 Å². The molecule has 18 heavy (non-hydrogen) atoms. The van der Waals surface area contributed by atoms with Crippen LogP contribution in [0.15, 0.2) is 0 Å². The van der Waals surface area contributed by atoms with Crippen LogP contribution in [-0.4, -0.2) is 60.8 Å². The van der Waals surface area contributed by atoms with Gasteiger partial charge in [0.15, 0.2) is 0 Å². The third-order valence-corrected chi connectivity index (χ3v) is 3.62. The molecule has 1 amide bonds. The zero-order chi connectivity index (χ0) is 13.0. The summed E-state index contributed by atoms with van der Waals surface area (Å²) >= 11 is 0. The van der Waals surface area contributed by atoms with Crippen LogP contribution in [-0.2, 0) is 14.3 Å². The SMILES string of the molecule is O=C(O)C1CCN(C(=O)COC2CCNCC2)C1. The molecule has 0 aromatic rings. The topological polar surface area (TPSA) is 78.9 Å². The molecule has 1 atom stereocenters. The van der Waals surface area contributed by atoms with E-state index in [2.05, 4.69) is 5.32 Å². The lowest BCUT2D eigenvalue weighted by Gasteiger charge is -2.24. The molecular weight excluding hydrogens is 236 g/mol. The first kappa shape index (κ1) is 13.3. The van der Waals surface area contributed by atoms with Crippen LogP contribution >= 0.6 is 0 Å². The summed E-state index contributed by atoms with van der Waals surface area (Å²) in [5.74, 6) is -1.31. The third kappa shape index (κ3) is 3.43. The van der Waals surface area contributed by atoms with Gasteiger partial charge in [0.25, 0.3) is 0 Å². The van der Waals surface area contributed by atoms with E-state index in [1.807, 2.05) is 0 Å². The number of hydrogen-bond donors (Lipinski definition) is 2. The number of amides is 1. The smallest absolute Gasteiger partial charge is 0.308 e. The number of piperidine rings is 1. The second kappa shape index (κ2) is 6.15. The van der Waals surface area contributed by atoms with Crippen molar-refractivity contribution in [1.82, 2.24) is 10.2 Å². The van der Waals surface area contributed by atoms with Gasteiger partial charge in [0, 0.05) is 13.1 Å². The van der Waals surface area contributed by atoms with E-state index >= 15 is 0 Å². The van der Waals surface area contributed by atoms with Gasteiger partial charge in [-0.25, -0.2) is 0 Å². The summed E-state index contributed by atoms with van der Waals surface area (Å²) < 4.78 is 5.57. The lowest BCUT2D eigenvalue weighted by Crippen LogP contribution is -2.37. The lowest BCUT2D eigenvalue weighted by atomic mass is 10.1. The van der Waals surface area contributed by atoms with E-state index in [-0.39, 0.29) is 18.6 Å². The van der Waals surface area contributed by atoms with E-state index in [0.29, 0.717) is 19.5 Å². The van der Waals surface area contributed by atoms with Crippen molar-refractivity contribution in [2.75, 3.05) is 32.8 Å². The summed E-state index contributed by atoms with van der Waals surface area (Å²) in [4.78, 5) is 24.2. The number of carbonyl (C=O) groups excluding carboxylic acids is 1. The van der Waals surface area contributed by atoms with E-state index in [1.54, 1.807) is 4.90 Å². The molecule has 2 heterocycles. The van der Waals surface area contributed by atoms with Crippen LogP contribution in [0.5, 0.6) is 0 Å². The maximum atomic E-state index is 11.8. The van der Waals surface area contributed by atoms with E-state index in [4.69, 9.17) is 9.84 Å². The van der Waals surface area contributed by atoms with Crippen molar-refractivity contribution in [3.63, 3.8) is 0 Å². The number of nitrogens with one attached hydrogen (secondary N) is 1. The molecule has 0 aromatic heterocycles. The second-order valence-electron chi connectivity index (χ2n) is 4.92. The molecular formula is C12H20N2O4. The predicted octanol–water partition coefficient (Wildman–Crippen LogP) is -0.312. The number of ether oxygens (including phenoxy) is 1. The minimum Gasteiger partial charge on any atom is -0.481 e. The van der Waals surface area contributed by atoms with Crippen LogP contribution in [0.3, 0.4) is 0 Å². The minimum atomic E-state index is -0.815. The highest BCUT2D eigenvalue weighted by atomic mass is 16.5. The number of hydrogen-bond acceptors (Lipinski definition) is 4. The van der Waals surface area contributed by atoms with Gasteiger partial charge in [0.2, 0.25) is 5.91 Å². The van der Waals surface area contributed by atoms with Gasteiger partial charge < -0.3 is 20.1 Å². The molecule has 0 bridgehead atoms. The Morgan fingerprint density at radius 3 is 2.61 bits per heavy atom. The number of likely N-dealkylation sites (tertiary alicyclic amines) is 1. The van der Waals surface area contributed by atoms with Crippen LogP contribution < -0.4 is 5.32 Å². The molecule has 0 aromatic carbocycles. The summed E-state index contributed by atoms with van der Waals surface area (Å²) in [5, 5.41) is 12.1. The van der Waals surface area contributed by atoms with E-state index in [0.717, 1.165) is 25.9 Å². The number of carboxylic acid groups (broad SMARTS) is 1. The Morgan fingerprint density at radius 1 is 1.28 bits per heavy atom. The average Bonchev–Trinajstić information content (AvgIpc) is 2.87. The minimum absolute atomic E-state index is 0.0804. The van der Waals surface area contributed by atoms with Gasteiger partial charge in [0.05, 0.1) is 12.0 Å². The van der Waals surface area contributed by atoms with Crippen LogP contribution in [0.4, 0.5) is 0 Å². The van der Waals surface area contributed by atoms with Crippen molar-refractivity contribution in [3.8, 4) is 0 Å². The summed E-state index contributed by atoms with van der Waals surface area (Å²) in [5.41, 5.74) is 0. The highest BCUT2D eigenvalue weighted by molar-refractivity contribution is 5.79. The molecule has 2 fully saturated rings. The zero-order valence-electron chi connectivity index (χ0n) is 10.4. The Hall–Kier alpha value is -1.14. The maximum absolute atomic E-state index is 11.8. The number of aliphatic carboxylic acids is 1. The molecule has 0 radical (unpaired) electrons. The van der Waals surface area contributed by atoms with Gasteiger partial charge in [-0.1, -0.05) is 0 Å². The van der Waals surface area contributed by atoms with Crippen molar-refractivity contribution in [3.05, 3.63) is 0 Å². The molecule has 0 aliphatic carbocycles. The molecule has 6 nitrogen and oxygen atoms in total. The van der Waals surface area contributed by atoms with Gasteiger partial charge in [-0.05, 0) is 32.4 Å². The normalized spacial score (nSPS) is 25.3. The first-order chi connectivity index (χ1) is 8.66. The van der Waals surface area contributed by atoms with Gasteiger partial charge in [-0.2, -0.15) is 0 Å². The largest absolute Gasteiger partial charge is 0.481 e. The fourth-order valence-electron chi connectivity index (χ4n) is 2.43. The van der Waals surface area contributed by atoms with E-state index in [9.17, 15) is 9.59 Å². The van der Waals surface area contributed by atoms with Gasteiger partial charge in [0.1, 0.15) is 6.61 Å². The van der Waals surface area contributed by atoms with Crippen LogP contribution in [0.2, 0.25) is 0 Å². The quantitative estimate of drug-likeness (QED) is 0.721. The van der Waals surface area contributed by atoms with Crippen LogP contribution in [0.25, 0.3) is 0 Å².